The second-order valence-electron chi connectivity index (χ2n) is 4.03. The number of nitrogens with zero attached hydrogens (tertiary/aromatic N) is 1. The van der Waals surface area contributed by atoms with Crippen LogP contribution in [0.15, 0.2) is 16.6 Å². The number of ketones is 1. The molecule has 1 aliphatic rings. The normalized spacial score (nSPS) is 19.9. The number of carbonyl (C=O) groups is 1. The van der Waals surface area contributed by atoms with Crippen LogP contribution in [0.1, 0.15) is 27.7 Å². The van der Waals surface area contributed by atoms with Crippen molar-refractivity contribution >= 4 is 12.0 Å². The summed E-state index contributed by atoms with van der Waals surface area (Å²) >= 11 is 0. The highest BCUT2D eigenvalue weighted by atomic mass is 16.1. The number of Topliss-reactive ketones (excluding diaryl/α,β-unsaturated/α-hetero) is 1. The molecule has 66 valence electrons. The highest BCUT2D eigenvalue weighted by Crippen LogP contribution is 2.20. The molecular weight excluding hydrogens is 150 g/mol. The minimum absolute atomic E-state index is 0.0663. The minimum atomic E-state index is -0.181. The Labute approximate surface area is 73.4 Å². The van der Waals surface area contributed by atoms with Crippen molar-refractivity contribution in [2.75, 3.05) is 0 Å². The van der Waals surface area contributed by atoms with E-state index in [9.17, 15) is 4.79 Å². The molecule has 0 bridgehead atoms. The summed E-state index contributed by atoms with van der Waals surface area (Å²) in [4.78, 5) is 15.7. The lowest BCUT2D eigenvalue weighted by Gasteiger charge is -2.08. The van der Waals surface area contributed by atoms with Crippen molar-refractivity contribution in [3.05, 3.63) is 11.6 Å². The van der Waals surface area contributed by atoms with E-state index in [0.717, 1.165) is 5.57 Å². The number of allylic oxidation sites excluding steroid dienone is 1. The van der Waals surface area contributed by atoms with Gasteiger partial charge in [0, 0.05) is 17.7 Å². The zero-order valence-corrected chi connectivity index (χ0v) is 8.09. The molecule has 0 atom stereocenters. The van der Waals surface area contributed by atoms with Gasteiger partial charge in [0.15, 0.2) is 5.78 Å². The third-order valence-electron chi connectivity index (χ3n) is 1.85. The molecule has 0 fully saturated rings. The summed E-state index contributed by atoms with van der Waals surface area (Å²) in [5.74, 6) is 0.251. The van der Waals surface area contributed by atoms with Crippen LogP contribution in [0, 0.1) is 5.92 Å². The first-order valence-electron chi connectivity index (χ1n) is 4.25. The maximum Gasteiger partial charge on any atom is 0.166 e. The Morgan fingerprint density at radius 1 is 1.50 bits per heavy atom. The first-order chi connectivity index (χ1) is 5.42. The molecule has 0 N–H and O–H groups in total. The first kappa shape index (κ1) is 9.17. The summed E-state index contributed by atoms with van der Waals surface area (Å²) in [6, 6.07) is 0. The highest BCUT2D eigenvalue weighted by Gasteiger charge is 2.23. The van der Waals surface area contributed by atoms with E-state index in [0.29, 0.717) is 0 Å². The predicted octanol–water partition coefficient (Wildman–Crippen LogP) is 2.00. The van der Waals surface area contributed by atoms with Crippen LogP contribution in [-0.4, -0.2) is 17.5 Å². The molecule has 12 heavy (non-hydrogen) atoms. The smallest absolute Gasteiger partial charge is 0.166 e. The van der Waals surface area contributed by atoms with Crippen molar-refractivity contribution in [3.8, 4) is 0 Å². The molecule has 0 radical (unpaired) electrons. The van der Waals surface area contributed by atoms with E-state index >= 15 is 0 Å². The summed E-state index contributed by atoms with van der Waals surface area (Å²) in [6.07, 6.45) is 3.61. The summed E-state index contributed by atoms with van der Waals surface area (Å²) in [7, 11) is 0. The van der Waals surface area contributed by atoms with Crippen molar-refractivity contribution in [1.29, 1.82) is 0 Å². The molecule has 0 amide bonds. The van der Waals surface area contributed by atoms with Gasteiger partial charge in [0.25, 0.3) is 0 Å². The van der Waals surface area contributed by atoms with Gasteiger partial charge in [-0.05, 0) is 19.9 Å². The average molecular weight is 165 g/mol. The summed E-state index contributed by atoms with van der Waals surface area (Å²) in [5.41, 5.74) is 0.579. The minimum Gasteiger partial charge on any atom is -0.294 e. The maximum absolute atomic E-state index is 11.5. The molecule has 0 unspecified atom stereocenters. The Morgan fingerprint density at radius 2 is 2.08 bits per heavy atom. The molecular formula is C10H15NO. The lowest BCUT2D eigenvalue weighted by Crippen LogP contribution is -2.12. The molecule has 0 aromatic carbocycles. The van der Waals surface area contributed by atoms with Crippen LogP contribution in [0.3, 0.4) is 0 Å². The third-order valence-corrected chi connectivity index (χ3v) is 1.85. The summed E-state index contributed by atoms with van der Waals surface area (Å²) in [6.45, 7) is 7.79. The second kappa shape index (κ2) is 2.85. The average Bonchev–Trinajstić information content (AvgIpc) is 2.28. The van der Waals surface area contributed by atoms with Crippen LogP contribution in [-0.2, 0) is 4.79 Å². The number of hydrogen-bond acceptors (Lipinski definition) is 2. The van der Waals surface area contributed by atoms with Gasteiger partial charge < -0.3 is 0 Å². The van der Waals surface area contributed by atoms with Crippen LogP contribution in [0.4, 0.5) is 0 Å². The van der Waals surface area contributed by atoms with Crippen molar-refractivity contribution in [2.24, 2.45) is 10.9 Å². The van der Waals surface area contributed by atoms with Gasteiger partial charge in [0.05, 0.1) is 5.54 Å². The molecule has 0 aliphatic carbocycles. The largest absolute Gasteiger partial charge is 0.294 e. The van der Waals surface area contributed by atoms with E-state index in [2.05, 4.69) is 4.99 Å². The molecule has 0 saturated heterocycles. The van der Waals surface area contributed by atoms with E-state index in [-0.39, 0.29) is 17.2 Å². The lowest BCUT2D eigenvalue weighted by molar-refractivity contribution is -0.117. The molecule has 2 nitrogen and oxygen atoms in total. The second-order valence-corrected chi connectivity index (χ2v) is 4.03. The predicted molar refractivity (Wildman–Crippen MR) is 50.5 cm³/mol. The Hall–Kier alpha value is -0.920. The van der Waals surface area contributed by atoms with Crippen molar-refractivity contribution in [3.63, 3.8) is 0 Å². The Morgan fingerprint density at radius 3 is 2.42 bits per heavy atom. The lowest BCUT2D eigenvalue weighted by atomic mass is 9.99. The Balaban J connectivity index is 2.82. The van der Waals surface area contributed by atoms with Crippen LogP contribution in [0.5, 0.6) is 0 Å². The van der Waals surface area contributed by atoms with E-state index < -0.39 is 0 Å². The van der Waals surface area contributed by atoms with Crippen LogP contribution in [0.25, 0.3) is 0 Å². The van der Waals surface area contributed by atoms with Gasteiger partial charge in [-0.2, -0.15) is 0 Å². The SMILES string of the molecule is CC(C)C(=O)C1=CC(C)(C)N=C1. The quantitative estimate of drug-likeness (QED) is 0.615. The van der Waals surface area contributed by atoms with Gasteiger partial charge in [0.1, 0.15) is 0 Å². The van der Waals surface area contributed by atoms with E-state index in [4.69, 9.17) is 0 Å². The monoisotopic (exact) mass is 165 g/mol. The van der Waals surface area contributed by atoms with Gasteiger partial charge in [-0.15, -0.1) is 0 Å². The van der Waals surface area contributed by atoms with Gasteiger partial charge in [0.2, 0.25) is 0 Å². The van der Waals surface area contributed by atoms with Gasteiger partial charge in [-0.3, -0.25) is 9.79 Å². The van der Waals surface area contributed by atoms with E-state index in [1.165, 1.54) is 0 Å². The van der Waals surface area contributed by atoms with Gasteiger partial charge in [-0.25, -0.2) is 0 Å². The molecule has 2 heteroatoms. The fourth-order valence-electron chi connectivity index (χ4n) is 1.16. The molecule has 0 aromatic heterocycles. The summed E-state index contributed by atoms with van der Waals surface area (Å²) < 4.78 is 0. The first-order valence-corrected chi connectivity index (χ1v) is 4.25. The third kappa shape index (κ3) is 1.81. The van der Waals surface area contributed by atoms with Crippen molar-refractivity contribution < 1.29 is 4.79 Å². The number of hydrogen-bond donors (Lipinski definition) is 0. The Bertz CT molecular complexity index is 259. The molecule has 1 aliphatic heterocycles. The zero-order valence-electron chi connectivity index (χ0n) is 8.09. The standard InChI is InChI=1S/C10H15NO/c1-7(2)9(12)8-5-10(3,4)11-6-8/h5-7H,1-4H3. The van der Waals surface area contributed by atoms with Gasteiger partial charge >= 0.3 is 0 Å². The molecule has 0 spiro atoms. The van der Waals surface area contributed by atoms with Gasteiger partial charge in [-0.1, -0.05) is 13.8 Å². The molecule has 1 heterocycles. The fraction of sp³-hybridized carbons (Fsp3) is 0.600. The van der Waals surface area contributed by atoms with Crippen molar-refractivity contribution in [1.82, 2.24) is 0 Å². The number of carbonyl (C=O) groups excluding carboxylic acids is 1. The van der Waals surface area contributed by atoms with Crippen LogP contribution < -0.4 is 0 Å². The molecule has 1 rings (SSSR count). The number of aliphatic imine (C=N–C) groups is 1. The fourth-order valence-corrected chi connectivity index (χ4v) is 1.16. The van der Waals surface area contributed by atoms with Crippen molar-refractivity contribution in [2.45, 2.75) is 33.2 Å². The summed E-state index contributed by atoms with van der Waals surface area (Å²) in [5, 5.41) is 0. The molecule has 0 aromatic rings. The number of rotatable bonds is 2. The highest BCUT2D eigenvalue weighted by molar-refractivity contribution is 6.15. The van der Waals surface area contributed by atoms with E-state index in [1.807, 2.05) is 33.8 Å². The van der Waals surface area contributed by atoms with Crippen LogP contribution >= 0.6 is 0 Å². The van der Waals surface area contributed by atoms with Crippen LogP contribution in [0.2, 0.25) is 0 Å². The molecule has 0 saturated carbocycles. The van der Waals surface area contributed by atoms with E-state index in [1.54, 1.807) is 6.21 Å². The maximum atomic E-state index is 11.5. The topological polar surface area (TPSA) is 29.4 Å². The Kier molecular flexibility index (Phi) is 2.18. The zero-order chi connectivity index (χ0) is 9.35.